The zero-order valence-electron chi connectivity index (χ0n) is 16.9. The molecule has 140 valence electrons. The lowest BCUT2D eigenvalue weighted by molar-refractivity contribution is 0.119. The number of likely N-dealkylation sites (tertiary alicyclic amines) is 2. The van der Waals surface area contributed by atoms with E-state index in [1.807, 2.05) is 34.8 Å². The van der Waals surface area contributed by atoms with Crippen LogP contribution in [-0.2, 0) is 4.74 Å². The van der Waals surface area contributed by atoms with Gasteiger partial charge >= 0.3 is 0 Å². The molecule has 3 heteroatoms. The fraction of sp³-hybridized carbons (Fsp3) is 1.00. The molecular weight excluding hydrogens is 284 g/mol. The Morgan fingerprint density at radius 1 is 0.826 bits per heavy atom. The maximum absolute atomic E-state index is 5.15. The van der Waals surface area contributed by atoms with Gasteiger partial charge in [0, 0.05) is 20.3 Å². The maximum atomic E-state index is 5.15. The Kier molecular flexibility index (Phi) is 15.3. The molecule has 2 saturated heterocycles. The number of hydrogen-bond donors (Lipinski definition) is 0. The molecule has 3 nitrogen and oxygen atoms in total. The van der Waals surface area contributed by atoms with Crippen molar-refractivity contribution in [2.24, 2.45) is 11.8 Å². The van der Waals surface area contributed by atoms with Gasteiger partial charge in [0.15, 0.2) is 0 Å². The molecule has 2 aliphatic rings. The van der Waals surface area contributed by atoms with Crippen LogP contribution in [0.2, 0.25) is 0 Å². The molecule has 0 saturated carbocycles. The molecule has 2 fully saturated rings. The number of methoxy groups -OCH3 is 1. The summed E-state index contributed by atoms with van der Waals surface area (Å²) in [5, 5.41) is 0. The smallest absolute Gasteiger partial charge is 0.0462 e. The normalized spacial score (nSPS) is 21.1. The van der Waals surface area contributed by atoms with Crippen LogP contribution in [0.15, 0.2) is 0 Å². The average Bonchev–Trinajstić information content (AvgIpc) is 2.62. The van der Waals surface area contributed by atoms with Crippen molar-refractivity contribution in [3.05, 3.63) is 0 Å². The Morgan fingerprint density at radius 3 is 1.87 bits per heavy atom. The van der Waals surface area contributed by atoms with E-state index in [-0.39, 0.29) is 0 Å². The van der Waals surface area contributed by atoms with Crippen LogP contribution in [0.1, 0.15) is 66.2 Å². The minimum atomic E-state index is 0.940. The summed E-state index contributed by atoms with van der Waals surface area (Å²) in [6, 6.07) is 0. The van der Waals surface area contributed by atoms with Gasteiger partial charge in [-0.3, -0.25) is 0 Å². The van der Waals surface area contributed by atoms with Crippen molar-refractivity contribution >= 4 is 0 Å². The molecule has 23 heavy (non-hydrogen) atoms. The molecule has 0 aromatic heterocycles. The molecule has 0 aromatic carbocycles. The first-order valence-corrected chi connectivity index (χ1v) is 10.2. The first-order chi connectivity index (χ1) is 11.3. The standard InChI is InChI=1S/C16H32N2O.2C2H6/c1-17-9-5-16(6-10-17)14-18-11-7-15(8-12-18)4-3-13-19-2;2*1-2/h15-16H,3-14H2,1-2H3;2*1-2H3. The fourth-order valence-electron chi connectivity index (χ4n) is 3.58. The van der Waals surface area contributed by atoms with E-state index in [0.717, 1.165) is 18.4 Å². The van der Waals surface area contributed by atoms with Gasteiger partial charge in [-0.25, -0.2) is 0 Å². The van der Waals surface area contributed by atoms with Gasteiger partial charge in [-0.15, -0.1) is 0 Å². The highest BCUT2D eigenvalue weighted by molar-refractivity contribution is 4.77. The second-order valence-electron chi connectivity index (χ2n) is 6.63. The van der Waals surface area contributed by atoms with Gasteiger partial charge in [-0.2, -0.15) is 0 Å². The summed E-state index contributed by atoms with van der Waals surface area (Å²) in [5.74, 6) is 1.92. The summed E-state index contributed by atoms with van der Waals surface area (Å²) in [4.78, 5) is 5.20. The van der Waals surface area contributed by atoms with Gasteiger partial charge in [-0.1, -0.05) is 27.7 Å². The molecule has 2 aliphatic heterocycles. The molecule has 2 heterocycles. The zero-order valence-corrected chi connectivity index (χ0v) is 16.9. The first-order valence-electron chi connectivity index (χ1n) is 10.2. The van der Waals surface area contributed by atoms with Crippen molar-refractivity contribution in [1.82, 2.24) is 9.80 Å². The highest BCUT2D eigenvalue weighted by Gasteiger charge is 2.23. The Morgan fingerprint density at radius 2 is 1.35 bits per heavy atom. The largest absolute Gasteiger partial charge is 0.385 e. The van der Waals surface area contributed by atoms with Crippen LogP contribution < -0.4 is 0 Å². The van der Waals surface area contributed by atoms with E-state index >= 15 is 0 Å². The van der Waals surface area contributed by atoms with Crippen LogP contribution in [0, 0.1) is 11.8 Å². The lowest BCUT2D eigenvalue weighted by Crippen LogP contribution is -2.40. The van der Waals surface area contributed by atoms with Crippen molar-refractivity contribution in [2.45, 2.75) is 66.2 Å². The Hall–Kier alpha value is -0.120. The summed E-state index contributed by atoms with van der Waals surface area (Å²) in [5.41, 5.74) is 0. The molecule has 0 bridgehead atoms. The number of nitrogens with zero attached hydrogens (tertiary/aromatic N) is 2. The second-order valence-corrected chi connectivity index (χ2v) is 6.63. The van der Waals surface area contributed by atoms with Gasteiger partial charge in [-0.05, 0) is 83.6 Å². The van der Waals surface area contributed by atoms with Gasteiger partial charge < -0.3 is 14.5 Å². The summed E-state index contributed by atoms with van der Waals surface area (Å²) >= 11 is 0. The van der Waals surface area contributed by atoms with Gasteiger partial charge in [0.25, 0.3) is 0 Å². The molecule has 0 atom stereocenters. The highest BCUT2D eigenvalue weighted by Crippen LogP contribution is 2.24. The van der Waals surface area contributed by atoms with Crippen molar-refractivity contribution < 1.29 is 4.74 Å². The van der Waals surface area contributed by atoms with E-state index in [4.69, 9.17) is 4.74 Å². The summed E-state index contributed by atoms with van der Waals surface area (Å²) in [7, 11) is 4.06. The predicted octanol–water partition coefficient (Wildman–Crippen LogP) is 4.52. The van der Waals surface area contributed by atoms with Crippen LogP contribution in [0.5, 0.6) is 0 Å². The molecule has 0 N–H and O–H groups in total. The van der Waals surface area contributed by atoms with Crippen LogP contribution >= 0.6 is 0 Å². The minimum absolute atomic E-state index is 0.940. The van der Waals surface area contributed by atoms with Crippen LogP contribution in [0.25, 0.3) is 0 Å². The monoisotopic (exact) mass is 328 g/mol. The van der Waals surface area contributed by atoms with Crippen LogP contribution in [0.4, 0.5) is 0 Å². The fourth-order valence-corrected chi connectivity index (χ4v) is 3.58. The second kappa shape index (κ2) is 15.4. The van der Waals surface area contributed by atoms with E-state index in [1.165, 1.54) is 71.2 Å². The molecule has 0 aliphatic carbocycles. The van der Waals surface area contributed by atoms with E-state index in [1.54, 1.807) is 0 Å². The third kappa shape index (κ3) is 10.4. The molecule has 0 spiro atoms. The van der Waals surface area contributed by atoms with E-state index in [0.29, 0.717) is 0 Å². The lowest BCUT2D eigenvalue weighted by Gasteiger charge is -2.37. The summed E-state index contributed by atoms with van der Waals surface area (Å²) < 4.78 is 5.15. The van der Waals surface area contributed by atoms with E-state index in [2.05, 4.69) is 16.8 Å². The average molecular weight is 329 g/mol. The van der Waals surface area contributed by atoms with Gasteiger partial charge in [0.1, 0.15) is 0 Å². The molecule has 2 rings (SSSR count). The molecule has 0 amide bonds. The molecule has 0 aromatic rings. The topological polar surface area (TPSA) is 15.7 Å². The summed E-state index contributed by atoms with van der Waals surface area (Å²) in [6.45, 7) is 15.6. The number of rotatable bonds is 6. The predicted molar refractivity (Wildman–Crippen MR) is 103 cm³/mol. The van der Waals surface area contributed by atoms with Gasteiger partial charge in [0.2, 0.25) is 0 Å². The van der Waals surface area contributed by atoms with Crippen molar-refractivity contribution in [2.75, 3.05) is 53.5 Å². The van der Waals surface area contributed by atoms with E-state index in [9.17, 15) is 0 Å². The van der Waals surface area contributed by atoms with Crippen LogP contribution in [0.3, 0.4) is 0 Å². The highest BCUT2D eigenvalue weighted by atomic mass is 16.5. The quantitative estimate of drug-likeness (QED) is 0.667. The number of piperidine rings is 2. The van der Waals surface area contributed by atoms with Crippen molar-refractivity contribution in [3.8, 4) is 0 Å². The van der Waals surface area contributed by atoms with Crippen molar-refractivity contribution in [3.63, 3.8) is 0 Å². The number of hydrogen-bond acceptors (Lipinski definition) is 3. The minimum Gasteiger partial charge on any atom is -0.385 e. The molecule has 0 radical (unpaired) electrons. The third-order valence-corrected chi connectivity index (χ3v) is 5.02. The molecule has 0 unspecified atom stereocenters. The third-order valence-electron chi connectivity index (χ3n) is 5.02. The maximum Gasteiger partial charge on any atom is 0.0462 e. The SMILES string of the molecule is CC.CC.COCCCC1CCN(CC2CCN(C)CC2)CC1. The number of ether oxygens (including phenoxy) is 1. The Balaban J connectivity index is 0.00000112. The lowest BCUT2D eigenvalue weighted by atomic mass is 9.90. The Bertz CT molecular complexity index is 232. The van der Waals surface area contributed by atoms with Gasteiger partial charge in [0.05, 0.1) is 0 Å². The first kappa shape index (κ1) is 22.9. The summed E-state index contributed by atoms with van der Waals surface area (Å²) in [6.07, 6.45) is 8.26. The molecular formula is C20H44N2O. The Labute approximate surface area is 146 Å². The van der Waals surface area contributed by atoms with E-state index < -0.39 is 0 Å². The van der Waals surface area contributed by atoms with Crippen molar-refractivity contribution in [1.29, 1.82) is 0 Å². The zero-order chi connectivity index (χ0) is 17.5. The van der Waals surface area contributed by atoms with Crippen LogP contribution in [-0.4, -0.2) is 63.3 Å².